The summed E-state index contributed by atoms with van der Waals surface area (Å²) in [4.78, 5) is 11.9. The van der Waals surface area contributed by atoms with E-state index in [9.17, 15) is 4.79 Å². The van der Waals surface area contributed by atoms with Gasteiger partial charge in [-0.05, 0) is 24.5 Å². The molecule has 0 aliphatic heterocycles. The molecule has 1 atom stereocenters. The van der Waals surface area contributed by atoms with Crippen molar-refractivity contribution in [3.8, 4) is 0 Å². The molecule has 1 unspecified atom stereocenters. The number of thioether (sulfide) groups is 1. The van der Waals surface area contributed by atoms with Gasteiger partial charge in [-0.2, -0.15) is 0 Å². The van der Waals surface area contributed by atoms with Gasteiger partial charge in [-0.15, -0.1) is 10.2 Å². The predicted octanol–water partition coefficient (Wildman–Crippen LogP) is 3.07. The summed E-state index contributed by atoms with van der Waals surface area (Å²) >= 11 is 2.86. The average Bonchev–Trinajstić information content (AvgIpc) is 2.98. The van der Waals surface area contributed by atoms with E-state index < -0.39 is 0 Å². The van der Waals surface area contributed by atoms with E-state index in [1.165, 1.54) is 28.7 Å². The SMILES string of the molecule is CCc1ccc(C(C)NC(=O)CSc2nncs2)cc1. The Kier molecular flexibility index (Phi) is 5.55. The minimum atomic E-state index is 0.0114. The molecule has 1 aromatic carbocycles. The number of aryl methyl sites for hydroxylation is 1. The van der Waals surface area contributed by atoms with Gasteiger partial charge in [-0.3, -0.25) is 4.79 Å². The Labute approximate surface area is 127 Å². The minimum Gasteiger partial charge on any atom is -0.349 e. The van der Waals surface area contributed by atoms with E-state index in [0.29, 0.717) is 5.75 Å². The van der Waals surface area contributed by atoms with Crippen LogP contribution in [0.5, 0.6) is 0 Å². The summed E-state index contributed by atoms with van der Waals surface area (Å²) in [6.45, 7) is 4.12. The van der Waals surface area contributed by atoms with Crippen LogP contribution >= 0.6 is 23.1 Å². The lowest BCUT2D eigenvalue weighted by Crippen LogP contribution is -2.28. The van der Waals surface area contributed by atoms with Gasteiger partial charge in [0.1, 0.15) is 5.51 Å². The molecule has 20 heavy (non-hydrogen) atoms. The molecule has 6 heteroatoms. The number of aromatic nitrogens is 2. The van der Waals surface area contributed by atoms with Crippen LogP contribution in [0.2, 0.25) is 0 Å². The van der Waals surface area contributed by atoms with Crippen LogP contribution in [0.1, 0.15) is 31.0 Å². The second kappa shape index (κ2) is 7.40. The van der Waals surface area contributed by atoms with Gasteiger partial charge in [-0.1, -0.05) is 54.3 Å². The Hall–Kier alpha value is -1.40. The smallest absolute Gasteiger partial charge is 0.230 e. The quantitative estimate of drug-likeness (QED) is 0.833. The van der Waals surface area contributed by atoms with E-state index in [-0.39, 0.29) is 11.9 Å². The molecule has 1 aromatic heterocycles. The van der Waals surface area contributed by atoms with Crippen LogP contribution in [0.15, 0.2) is 34.1 Å². The lowest BCUT2D eigenvalue weighted by atomic mass is 10.1. The molecule has 2 rings (SSSR count). The van der Waals surface area contributed by atoms with Crippen molar-refractivity contribution in [2.45, 2.75) is 30.6 Å². The zero-order chi connectivity index (χ0) is 14.4. The van der Waals surface area contributed by atoms with E-state index in [0.717, 1.165) is 16.3 Å². The van der Waals surface area contributed by atoms with Crippen molar-refractivity contribution >= 4 is 29.0 Å². The second-order valence-electron chi connectivity index (χ2n) is 4.38. The molecular formula is C14H17N3OS2. The van der Waals surface area contributed by atoms with Crippen molar-refractivity contribution in [1.29, 1.82) is 0 Å². The fourth-order valence-electron chi connectivity index (χ4n) is 1.76. The molecule has 0 saturated heterocycles. The fraction of sp³-hybridized carbons (Fsp3) is 0.357. The molecule has 0 aliphatic rings. The van der Waals surface area contributed by atoms with Crippen molar-refractivity contribution in [1.82, 2.24) is 15.5 Å². The third kappa shape index (κ3) is 4.31. The van der Waals surface area contributed by atoms with Gasteiger partial charge in [0.05, 0.1) is 11.8 Å². The molecule has 0 radical (unpaired) electrons. The minimum absolute atomic E-state index is 0.0114. The first-order valence-corrected chi connectivity index (χ1v) is 8.32. The molecule has 1 heterocycles. The first-order chi connectivity index (χ1) is 9.69. The van der Waals surface area contributed by atoms with Gasteiger partial charge in [0.2, 0.25) is 5.91 Å². The van der Waals surface area contributed by atoms with E-state index >= 15 is 0 Å². The third-order valence-corrected chi connectivity index (χ3v) is 4.79. The first kappa shape index (κ1) is 15.0. The first-order valence-electron chi connectivity index (χ1n) is 6.46. The second-order valence-corrected chi connectivity index (χ2v) is 6.43. The Morgan fingerprint density at radius 3 is 2.75 bits per heavy atom. The molecule has 106 valence electrons. The van der Waals surface area contributed by atoms with Crippen molar-refractivity contribution in [3.05, 3.63) is 40.9 Å². The highest BCUT2D eigenvalue weighted by Gasteiger charge is 2.10. The molecule has 0 fully saturated rings. The van der Waals surface area contributed by atoms with Gasteiger partial charge in [-0.25, -0.2) is 0 Å². The van der Waals surface area contributed by atoms with Gasteiger partial charge >= 0.3 is 0 Å². The van der Waals surface area contributed by atoms with E-state index in [1.54, 1.807) is 5.51 Å². The zero-order valence-electron chi connectivity index (χ0n) is 11.5. The summed E-state index contributed by atoms with van der Waals surface area (Å²) in [7, 11) is 0. The highest BCUT2D eigenvalue weighted by Crippen LogP contribution is 2.19. The summed E-state index contributed by atoms with van der Waals surface area (Å²) in [5, 5.41) is 10.6. The predicted molar refractivity (Wildman–Crippen MR) is 83.0 cm³/mol. The van der Waals surface area contributed by atoms with Gasteiger partial charge in [0, 0.05) is 0 Å². The van der Waals surface area contributed by atoms with Crippen molar-refractivity contribution in [2.24, 2.45) is 0 Å². The van der Waals surface area contributed by atoms with Crippen LogP contribution in [0, 0.1) is 0 Å². The summed E-state index contributed by atoms with van der Waals surface area (Å²) in [5.74, 6) is 0.379. The normalized spacial score (nSPS) is 12.1. The monoisotopic (exact) mass is 307 g/mol. The Bertz CT molecular complexity index is 540. The standard InChI is InChI=1S/C14H17N3OS2/c1-3-11-4-6-12(7-5-11)10(2)16-13(18)8-19-14-17-15-9-20-14/h4-7,9-10H,3,8H2,1-2H3,(H,16,18). The summed E-state index contributed by atoms with van der Waals surface area (Å²) in [6, 6.07) is 8.37. The third-order valence-electron chi connectivity index (χ3n) is 2.93. The molecule has 1 N–H and O–H groups in total. The molecule has 0 aliphatic carbocycles. The van der Waals surface area contributed by atoms with Crippen LogP contribution in [-0.4, -0.2) is 21.9 Å². The highest BCUT2D eigenvalue weighted by molar-refractivity contribution is 8.01. The number of nitrogens with zero attached hydrogens (tertiary/aromatic N) is 2. The van der Waals surface area contributed by atoms with Crippen molar-refractivity contribution in [3.63, 3.8) is 0 Å². The fourth-order valence-corrected chi connectivity index (χ4v) is 3.06. The van der Waals surface area contributed by atoms with Crippen molar-refractivity contribution < 1.29 is 4.79 Å². The number of hydrogen-bond acceptors (Lipinski definition) is 5. The number of benzene rings is 1. The van der Waals surface area contributed by atoms with Crippen molar-refractivity contribution in [2.75, 3.05) is 5.75 Å². The number of carbonyl (C=O) groups excluding carboxylic acids is 1. The summed E-state index contributed by atoms with van der Waals surface area (Å²) < 4.78 is 0.820. The summed E-state index contributed by atoms with van der Waals surface area (Å²) in [6.07, 6.45) is 1.03. The van der Waals surface area contributed by atoms with Crippen LogP contribution in [0.3, 0.4) is 0 Å². The van der Waals surface area contributed by atoms with E-state index in [1.807, 2.05) is 6.92 Å². The number of rotatable bonds is 6. The van der Waals surface area contributed by atoms with E-state index in [4.69, 9.17) is 0 Å². The van der Waals surface area contributed by atoms with Crippen LogP contribution in [-0.2, 0) is 11.2 Å². The highest BCUT2D eigenvalue weighted by atomic mass is 32.2. The maximum absolute atomic E-state index is 11.9. The Balaban J connectivity index is 1.83. The number of amides is 1. The molecule has 4 nitrogen and oxygen atoms in total. The number of nitrogens with one attached hydrogen (secondary N) is 1. The zero-order valence-corrected chi connectivity index (χ0v) is 13.1. The molecular weight excluding hydrogens is 290 g/mol. The lowest BCUT2D eigenvalue weighted by molar-refractivity contribution is -0.119. The molecule has 0 spiro atoms. The van der Waals surface area contributed by atoms with Gasteiger partial charge in [0.25, 0.3) is 0 Å². The maximum atomic E-state index is 11.9. The van der Waals surface area contributed by atoms with E-state index in [2.05, 4.69) is 46.7 Å². The van der Waals surface area contributed by atoms with Crippen LogP contribution in [0.25, 0.3) is 0 Å². The summed E-state index contributed by atoms with van der Waals surface area (Å²) in [5.41, 5.74) is 4.09. The largest absolute Gasteiger partial charge is 0.349 e. The molecule has 2 aromatic rings. The van der Waals surface area contributed by atoms with Gasteiger partial charge in [0.15, 0.2) is 4.34 Å². The van der Waals surface area contributed by atoms with Crippen LogP contribution in [0.4, 0.5) is 0 Å². The average molecular weight is 307 g/mol. The maximum Gasteiger partial charge on any atom is 0.230 e. The Morgan fingerprint density at radius 1 is 1.40 bits per heavy atom. The molecule has 0 saturated carbocycles. The molecule has 1 amide bonds. The van der Waals surface area contributed by atoms with Gasteiger partial charge < -0.3 is 5.32 Å². The number of hydrogen-bond donors (Lipinski definition) is 1. The Morgan fingerprint density at radius 2 is 2.15 bits per heavy atom. The lowest BCUT2D eigenvalue weighted by Gasteiger charge is -2.14. The van der Waals surface area contributed by atoms with Crippen LogP contribution < -0.4 is 5.32 Å². The molecule has 0 bridgehead atoms. The topological polar surface area (TPSA) is 54.9 Å². The number of carbonyl (C=O) groups is 1.